The molecule has 0 heterocycles. The van der Waals surface area contributed by atoms with Gasteiger partial charge in [-0.05, 0) is 119 Å². The Bertz CT molecular complexity index is 1040. The highest BCUT2D eigenvalue weighted by Gasteiger charge is 2.69. The van der Waals surface area contributed by atoms with Gasteiger partial charge in [0.15, 0.2) is 5.78 Å². The minimum absolute atomic E-state index is 0.0190. The molecule has 38 heavy (non-hydrogen) atoms. The lowest BCUT2D eigenvalue weighted by Crippen LogP contribution is -2.65. The zero-order valence-electron chi connectivity index (χ0n) is 24.9. The predicted octanol–water partition coefficient (Wildman–Crippen LogP) is 6.35. The lowest BCUT2D eigenvalue weighted by molar-refractivity contribution is -0.188. The van der Waals surface area contributed by atoms with Gasteiger partial charge in [-0.3, -0.25) is 14.4 Å². The highest BCUT2D eigenvalue weighted by atomic mass is 16.5. The second-order valence-corrected chi connectivity index (χ2v) is 15.0. The molecular formula is C32H50O6. The number of ketones is 1. The second-order valence-electron chi connectivity index (χ2n) is 15.0. The van der Waals surface area contributed by atoms with Gasteiger partial charge in [0, 0.05) is 12.3 Å². The van der Waals surface area contributed by atoms with Crippen LogP contribution in [0, 0.1) is 44.8 Å². The van der Waals surface area contributed by atoms with Crippen molar-refractivity contribution in [2.45, 2.75) is 119 Å². The van der Waals surface area contributed by atoms with Crippen LogP contribution in [0.2, 0.25) is 0 Å². The molecule has 0 bridgehead atoms. The van der Waals surface area contributed by atoms with Crippen LogP contribution in [-0.2, 0) is 19.1 Å². The molecule has 0 spiro atoms. The van der Waals surface area contributed by atoms with Crippen molar-refractivity contribution in [3.05, 3.63) is 11.6 Å². The van der Waals surface area contributed by atoms with Crippen molar-refractivity contribution in [1.29, 1.82) is 0 Å². The maximum Gasteiger partial charge on any atom is 0.311 e. The van der Waals surface area contributed by atoms with E-state index in [1.807, 2.05) is 19.9 Å². The Morgan fingerprint density at radius 1 is 1.05 bits per heavy atom. The van der Waals surface area contributed by atoms with E-state index < -0.39 is 22.4 Å². The van der Waals surface area contributed by atoms with Gasteiger partial charge in [-0.25, -0.2) is 0 Å². The highest BCUT2D eigenvalue weighted by molar-refractivity contribution is 5.95. The minimum atomic E-state index is -1.02. The largest absolute Gasteiger partial charge is 0.481 e. The molecule has 4 aliphatic rings. The Morgan fingerprint density at radius 2 is 1.68 bits per heavy atom. The van der Waals surface area contributed by atoms with Crippen molar-refractivity contribution in [3.63, 3.8) is 0 Å². The van der Waals surface area contributed by atoms with E-state index in [1.54, 1.807) is 13.8 Å². The number of allylic oxidation sites excluding steroid dienone is 2. The first-order chi connectivity index (χ1) is 17.4. The van der Waals surface area contributed by atoms with Gasteiger partial charge in [-0.15, -0.1) is 0 Å². The average molecular weight is 531 g/mol. The van der Waals surface area contributed by atoms with Gasteiger partial charge >= 0.3 is 11.9 Å². The van der Waals surface area contributed by atoms with Crippen molar-refractivity contribution in [3.8, 4) is 0 Å². The molecule has 0 unspecified atom stereocenters. The van der Waals surface area contributed by atoms with Crippen LogP contribution in [-0.4, -0.2) is 40.1 Å². The third-order valence-electron chi connectivity index (χ3n) is 12.3. The van der Waals surface area contributed by atoms with Crippen LogP contribution in [0.1, 0.15) is 113 Å². The predicted molar refractivity (Wildman–Crippen MR) is 146 cm³/mol. The van der Waals surface area contributed by atoms with E-state index in [4.69, 9.17) is 4.74 Å². The summed E-state index contributed by atoms with van der Waals surface area (Å²) in [4.78, 5) is 39.1. The van der Waals surface area contributed by atoms with Crippen LogP contribution < -0.4 is 0 Å². The molecule has 0 aliphatic heterocycles. The smallest absolute Gasteiger partial charge is 0.311 e. The molecule has 6 nitrogen and oxygen atoms in total. The molecular weight excluding hydrogens is 480 g/mol. The third kappa shape index (κ3) is 4.19. The Morgan fingerprint density at radius 3 is 2.26 bits per heavy atom. The summed E-state index contributed by atoms with van der Waals surface area (Å²) in [5.74, 6) is -1.33. The maximum absolute atomic E-state index is 14.3. The number of esters is 1. The first kappa shape index (κ1) is 29.3. The summed E-state index contributed by atoms with van der Waals surface area (Å²) in [6, 6.07) is 0. The summed E-state index contributed by atoms with van der Waals surface area (Å²) < 4.78 is 5.51. The molecule has 3 saturated carbocycles. The quantitative estimate of drug-likeness (QED) is 0.388. The number of carbonyl (C=O) groups is 3. The van der Waals surface area contributed by atoms with E-state index in [9.17, 15) is 24.6 Å². The van der Waals surface area contributed by atoms with Crippen LogP contribution in [0.15, 0.2) is 11.6 Å². The molecule has 0 radical (unpaired) electrons. The van der Waals surface area contributed by atoms with E-state index in [1.165, 1.54) is 5.57 Å². The van der Waals surface area contributed by atoms with Crippen molar-refractivity contribution >= 4 is 17.7 Å². The lowest BCUT2D eigenvalue weighted by atomic mass is 9.35. The monoisotopic (exact) mass is 530 g/mol. The number of fused-ring (bicyclic) bond motifs is 5. The molecule has 0 amide bonds. The van der Waals surface area contributed by atoms with Crippen LogP contribution in [0.4, 0.5) is 0 Å². The van der Waals surface area contributed by atoms with E-state index in [2.05, 4.69) is 27.7 Å². The number of aliphatic hydroxyl groups is 1. The Labute approximate surface area is 229 Å². The Kier molecular flexibility index (Phi) is 7.07. The number of hydrogen-bond donors (Lipinski definition) is 2. The first-order valence-corrected chi connectivity index (χ1v) is 14.8. The third-order valence-corrected chi connectivity index (χ3v) is 12.3. The average Bonchev–Trinajstić information content (AvgIpc) is 2.80. The molecule has 3 fully saturated rings. The van der Waals surface area contributed by atoms with Crippen molar-refractivity contribution in [1.82, 2.24) is 0 Å². The summed E-state index contributed by atoms with van der Waals surface area (Å²) in [6.45, 7) is 16.8. The Hall–Kier alpha value is -1.69. The molecule has 0 aromatic carbocycles. The van der Waals surface area contributed by atoms with Gasteiger partial charge in [0.05, 0.1) is 17.6 Å². The fourth-order valence-corrected chi connectivity index (χ4v) is 9.92. The van der Waals surface area contributed by atoms with Gasteiger partial charge < -0.3 is 14.9 Å². The van der Waals surface area contributed by atoms with Gasteiger partial charge in [0.2, 0.25) is 0 Å². The molecule has 0 saturated heterocycles. The number of ether oxygens (including phenoxy) is 1. The van der Waals surface area contributed by atoms with E-state index in [-0.39, 0.29) is 52.2 Å². The van der Waals surface area contributed by atoms with Crippen molar-refractivity contribution < 1.29 is 29.3 Å². The second kappa shape index (κ2) is 9.17. The van der Waals surface area contributed by atoms with E-state index in [0.29, 0.717) is 19.4 Å². The number of carboxylic acids is 1. The summed E-state index contributed by atoms with van der Waals surface area (Å²) >= 11 is 0. The maximum atomic E-state index is 14.3. The summed E-state index contributed by atoms with van der Waals surface area (Å²) in [7, 11) is 0. The molecule has 0 aromatic rings. The zero-order valence-corrected chi connectivity index (χ0v) is 24.9. The van der Waals surface area contributed by atoms with Gasteiger partial charge in [-0.2, -0.15) is 0 Å². The van der Waals surface area contributed by atoms with Crippen LogP contribution in [0.25, 0.3) is 0 Å². The van der Waals surface area contributed by atoms with Gasteiger partial charge in [-0.1, -0.05) is 33.3 Å². The molecule has 2 N–H and O–H groups in total. The first-order valence-electron chi connectivity index (χ1n) is 14.8. The number of carbonyl (C=O) groups excluding carboxylic acids is 2. The normalized spacial score (nSPS) is 44.8. The SMILES string of the molecule is CCOC(=O)[C@@]1(C)CC[C@]2(C)CC[C@]3(C)C(=CC(=O)[C@@H]4[C@@](C)(CCC(=O)O)[C@H](C(C)(C)O)CC[C@]43C)[C@@H]2C1. The molecule has 0 aromatic heterocycles. The van der Waals surface area contributed by atoms with Crippen LogP contribution in [0.5, 0.6) is 0 Å². The molecule has 214 valence electrons. The molecule has 6 heteroatoms. The van der Waals surface area contributed by atoms with E-state index in [0.717, 1.165) is 38.5 Å². The van der Waals surface area contributed by atoms with Crippen molar-refractivity contribution in [2.24, 2.45) is 44.8 Å². The summed E-state index contributed by atoms with van der Waals surface area (Å²) in [6.07, 6.45) is 8.28. The van der Waals surface area contributed by atoms with Crippen LogP contribution >= 0.6 is 0 Å². The minimum Gasteiger partial charge on any atom is -0.481 e. The Balaban J connectivity index is 1.83. The summed E-state index contributed by atoms with van der Waals surface area (Å²) in [5, 5.41) is 20.8. The topological polar surface area (TPSA) is 101 Å². The van der Waals surface area contributed by atoms with E-state index >= 15 is 0 Å². The van der Waals surface area contributed by atoms with Crippen LogP contribution in [0.3, 0.4) is 0 Å². The number of aliphatic carboxylic acids is 1. The standard InChI is InChI=1S/C32H50O6/c1-9-38-26(36)29(5)15-14-28(4)16-17-31(7)20(21(28)19-29)18-22(33)25-30(6,12-11-24(34)35)23(27(2,3)37)10-13-32(25,31)8/h18,21,23,25,37H,9-17,19H2,1-8H3,(H,34,35)/t21-,23-,25+,28+,29-,30-,31+,32+/m0/s1. The fourth-order valence-electron chi connectivity index (χ4n) is 9.92. The fraction of sp³-hybridized carbons (Fsp3) is 0.844. The van der Waals surface area contributed by atoms with Crippen molar-refractivity contribution in [2.75, 3.05) is 6.61 Å². The number of carboxylic acid groups (broad SMARTS) is 1. The number of hydrogen-bond acceptors (Lipinski definition) is 5. The molecule has 4 aliphatic carbocycles. The zero-order chi connectivity index (χ0) is 28.5. The summed E-state index contributed by atoms with van der Waals surface area (Å²) in [5.41, 5.74) is -1.58. The lowest BCUT2D eigenvalue weighted by Gasteiger charge is -2.69. The van der Waals surface area contributed by atoms with Gasteiger partial charge in [0.25, 0.3) is 0 Å². The number of rotatable bonds is 6. The molecule has 8 atom stereocenters. The van der Waals surface area contributed by atoms with Gasteiger partial charge in [0.1, 0.15) is 0 Å². The molecule has 4 rings (SSSR count). The highest BCUT2D eigenvalue weighted by Crippen LogP contribution is 2.73.